The first-order valence-electron chi connectivity index (χ1n) is 2.08. The van der Waals surface area contributed by atoms with Crippen molar-refractivity contribution in [3.05, 3.63) is 0 Å². The lowest BCUT2D eigenvalue weighted by molar-refractivity contribution is 0.479. The van der Waals surface area contributed by atoms with Crippen molar-refractivity contribution in [2.24, 2.45) is 0 Å². The number of rotatable bonds is 0. The maximum Gasteiger partial charge on any atom is 0.282 e. The van der Waals surface area contributed by atoms with E-state index >= 15 is 0 Å². The quantitative estimate of drug-likeness (QED) is 0.452. The van der Waals surface area contributed by atoms with Crippen LogP contribution in [0.4, 0.5) is 0 Å². The molecule has 0 atom stereocenters. The topological polar surface area (TPSA) is 77.5 Å². The van der Waals surface area contributed by atoms with Crippen LogP contribution in [-0.4, -0.2) is 28.3 Å². The molecular formula is C2H4O5S2. The van der Waals surface area contributed by atoms with E-state index in [4.69, 9.17) is 0 Å². The third kappa shape index (κ3) is 1.63. The first-order chi connectivity index (χ1) is 3.91. The van der Waals surface area contributed by atoms with E-state index in [-0.39, 0.29) is 0 Å². The summed E-state index contributed by atoms with van der Waals surface area (Å²) in [5.41, 5.74) is 0. The Kier molecular flexibility index (Phi) is 1.30. The summed E-state index contributed by atoms with van der Waals surface area (Å²) < 4.78 is 44.7. The first kappa shape index (κ1) is 6.97. The van der Waals surface area contributed by atoms with E-state index in [1.807, 2.05) is 0 Å². The van der Waals surface area contributed by atoms with Gasteiger partial charge in [-0.05, 0) is 0 Å². The van der Waals surface area contributed by atoms with Gasteiger partial charge in [-0.3, -0.25) is 0 Å². The average molecular weight is 172 g/mol. The fourth-order valence-electron chi connectivity index (χ4n) is 0.430. The molecule has 0 spiro atoms. The summed E-state index contributed by atoms with van der Waals surface area (Å²) in [6.45, 7) is 0. The molecule has 0 N–H and O–H groups in total. The SMILES string of the molecule is O=S1(=O)CCS(=O)(=O)O1. The number of hydrogen-bond acceptors (Lipinski definition) is 5. The van der Waals surface area contributed by atoms with Gasteiger partial charge in [0.05, 0.1) is 11.5 Å². The van der Waals surface area contributed by atoms with Gasteiger partial charge in [0.2, 0.25) is 0 Å². The highest BCUT2D eigenvalue weighted by Gasteiger charge is 2.32. The molecule has 1 rings (SSSR count). The Hall–Kier alpha value is -0.140. The molecule has 1 heterocycles. The van der Waals surface area contributed by atoms with E-state index in [9.17, 15) is 16.8 Å². The molecule has 5 nitrogen and oxygen atoms in total. The molecule has 1 fully saturated rings. The highest BCUT2D eigenvalue weighted by atomic mass is 32.3. The molecule has 9 heavy (non-hydrogen) atoms. The Morgan fingerprint density at radius 1 is 0.889 bits per heavy atom. The van der Waals surface area contributed by atoms with E-state index in [0.29, 0.717) is 0 Å². The second-order valence-corrected chi connectivity index (χ2v) is 5.18. The van der Waals surface area contributed by atoms with Crippen molar-refractivity contribution in [2.75, 3.05) is 11.5 Å². The lowest BCUT2D eigenvalue weighted by atomic mass is 11.0. The molecule has 0 aliphatic carbocycles. The van der Waals surface area contributed by atoms with Gasteiger partial charge in [-0.15, -0.1) is 3.63 Å². The summed E-state index contributed by atoms with van der Waals surface area (Å²) in [4.78, 5) is 0. The van der Waals surface area contributed by atoms with Crippen LogP contribution in [0.3, 0.4) is 0 Å². The lowest BCUT2D eigenvalue weighted by Crippen LogP contribution is -2.00. The Labute approximate surface area is 52.9 Å². The second kappa shape index (κ2) is 1.68. The smallest absolute Gasteiger partial charge is 0.198 e. The molecule has 0 unspecified atom stereocenters. The van der Waals surface area contributed by atoms with Crippen LogP contribution in [0.15, 0.2) is 0 Å². The van der Waals surface area contributed by atoms with Gasteiger partial charge in [-0.1, -0.05) is 0 Å². The Balaban J connectivity index is 3.09. The molecule has 1 saturated heterocycles. The van der Waals surface area contributed by atoms with E-state index in [1.54, 1.807) is 0 Å². The Morgan fingerprint density at radius 3 is 1.33 bits per heavy atom. The van der Waals surface area contributed by atoms with Gasteiger partial charge >= 0.3 is 0 Å². The monoisotopic (exact) mass is 172 g/mol. The van der Waals surface area contributed by atoms with Crippen molar-refractivity contribution in [2.45, 2.75) is 0 Å². The van der Waals surface area contributed by atoms with Crippen molar-refractivity contribution in [3.63, 3.8) is 0 Å². The highest BCUT2D eigenvalue weighted by molar-refractivity contribution is 8.03. The number of hydrogen-bond donors (Lipinski definition) is 0. The van der Waals surface area contributed by atoms with Gasteiger partial charge in [0.15, 0.2) is 0 Å². The predicted molar refractivity (Wildman–Crippen MR) is 28.7 cm³/mol. The van der Waals surface area contributed by atoms with Crippen LogP contribution >= 0.6 is 0 Å². The molecule has 0 saturated carbocycles. The summed E-state index contributed by atoms with van der Waals surface area (Å²) in [5, 5.41) is 0. The molecule has 7 heteroatoms. The molecular weight excluding hydrogens is 168 g/mol. The van der Waals surface area contributed by atoms with E-state index < -0.39 is 31.7 Å². The van der Waals surface area contributed by atoms with Gasteiger partial charge in [-0.2, -0.15) is 16.8 Å². The summed E-state index contributed by atoms with van der Waals surface area (Å²) in [6.07, 6.45) is 0. The Morgan fingerprint density at radius 2 is 1.22 bits per heavy atom. The maximum atomic E-state index is 10.2. The van der Waals surface area contributed by atoms with Gasteiger partial charge in [0.25, 0.3) is 20.2 Å². The minimum absolute atomic E-state index is 0.421. The van der Waals surface area contributed by atoms with Crippen LogP contribution in [-0.2, 0) is 23.9 Å². The lowest BCUT2D eigenvalue weighted by Gasteiger charge is -1.84. The largest absolute Gasteiger partial charge is 0.282 e. The fraction of sp³-hybridized carbons (Fsp3) is 1.00. The van der Waals surface area contributed by atoms with E-state index in [1.165, 1.54) is 0 Å². The molecule has 54 valence electrons. The highest BCUT2D eigenvalue weighted by Crippen LogP contribution is 2.10. The molecule has 0 amide bonds. The molecule has 0 radical (unpaired) electrons. The van der Waals surface area contributed by atoms with Gasteiger partial charge in [-0.25, -0.2) is 0 Å². The fourth-order valence-corrected chi connectivity index (χ4v) is 3.87. The van der Waals surface area contributed by atoms with Crippen LogP contribution in [0.2, 0.25) is 0 Å². The van der Waals surface area contributed by atoms with Crippen molar-refractivity contribution < 1.29 is 20.5 Å². The standard InChI is InChI=1S/C2H4O5S2/c3-8(4)1-2-9(5,6)7-8/h1-2H2. The first-order valence-corrected chi connectivity index (χ1v) is 5.23. The zero-order valence-electron chi connectivity index (χ0n) is 4.27. The third-order valence-electron chi connectivity index (χ3n) is 0.791. The van der Waals surface area contributed by atoms with Crippen molar-refractivity contribution >= 4 is 20.2 Å². The molecule has 1 aliphatic heterocycles. The second-order valence-electron chi connectivity index (χ2n) is 1.59. The summed E-state index contributed by atoms with van der Waals surface area (Å²) >= 11 is 0. The van der Waals surface area contributed by atoms with Gasteiger partial charge in [0.1, 0.15) is 0 Å². The van der Waals surface area contributed by atoms with Crippen LogP contribution in [0.5, 0.6) is 0 Å². The molecule has 1 aliphatic rings. The van der Waals surface area contributed by atoms with Crippen molar-refractivity contribution in [1.82, 2.24) is 0 Å². The third-order valence-corrected chi connectivity index (χ3v) is 4.12. The maximum absolute atomic E-state index is 10.2. The average Bonchev–Trinajstić information content (AvgIpc) is 1.78. The van der Waals surface area contributed by atoms with E-state index in [0.717, 1.165) is 0 Å². The molecule has 0 aromatic carbocycles. The summed E-state index contributed by atoms with van der Waals surface area (Å²) in [7, 11) is -7.48. The molecule has 0 aromatic rings. The summed E-state index contributed by atoms with van der Waals surface area (Å²) in [6, 6.07) is 0. The predicted octanol–water partition coefficient (Wildman–Crippen LogP) is -1.32. The Bertz CT molecular complexity index is 262. The molecule has 0 aromatic heterocycles. The van der Waals surface area contributed by atoms with E-state index in [2.05, 4.69) is 3.63 Å². The minimum Gasteiger partial charge on any atom is -0.198 e. The van der Waals surface area contributed by atoms with Gasteiger partial charge < -0.3 is 0 Å². The van der Waals surface area contributed by atoms with Crippen LogP contribution in [0, 0.1) is 0 Å². The van der Waals surface area contributed by atoms with Crippen LogP contribution in [0.1, 0.15) is 0 Å². The summed E-state index contributed by atoms with van der Waals surface area (Å²) in [5.74, 6) is -0.843. The van der Waals surface area contributed by atoms with Crippen molar-refractivity contribution in [1.29, 1.82) is 0 Å². The van der Waals surface area contributed by atoms with Gasteiger partial charge in [0, 0.05) is 0 Å². The van der Waals surface area contributed by atoms with Crippen LogP contribution in [0.25, 0.3) is 0 Å². The minimum atomic E-state index is -3.74. The van der Waals surface area contributed by atoms with Crippen molar-refractivity contribution in [3.8, 4) is 0 Å². The zero-order chi connectivity index (χ0) is 7.12. The molecule has 0 bridgehead atoms. The zero-order valence-corrected chi connectivity index (χ0v) is 5.90. The normalized spacial score (nSPS) is 30.2. The van der Waals surface area contributed by atoms with Crippen LogP contribution < -0.4 is 0 Å².